The Kier molecular flexibility index (Phi) is 3.77. The topological polar surface area (TPSA) is 48.4 Å². The van der Waals surface area contributed by atoms with Crippen LogP contribution in [0.4, 0.5) is 0 Å². The monoisotopic (exact) mass is 245 g/mol. The van der Waals surface area contributed by atoms with Gasteiger partial charge in [0.05, 0.1) is 20.6 Å². The van der Waals surface area contributed by atoms with E-state index in [0.29, 0.717) is 12.8 Å². The van der Waals surface area contributed by atoms with E-state index in [9.17, 15) is 4.79 Å². The number of fused-ring (bicyclic) bond motifs is 1. The van der Waals surface area contributed by atoms with Crippen molar-refractivity contribution in [3.63, 3.8) is 0 Å². The van der Waals surface area contributed by atoms with Crippen LogP contribution < -0.4 is 4.74 Å². The smallest absolute Gasteiger partial charge is 0.305 e. The van der Waals surface area contributed by atoms with E-state index in [4.69, 9.17) is 4.74 Å². The molecule has 0 aliphatic heterocycles. The lowest BCUT2D eigenvalue weighted by Gasteiger charge is -2.06. The number of carbonyl (C=O) groups excluding carboxylic acids is 1. The first-order chi connectivity index (χ1) is 8.74. The number of esters is 1. The van der Waals surface area contributed by atoms with Crippen LogP contribution in [-0.2, 0) is 16.0 Å². The van der Waals surface area contributed by atoms with Crippen LogP contribution in [0.25, 0.3) is 10.8 Å². The standard InChI is InChI=1S/C14H15NO3/c1-17-11-3-4-12-10(9-11)7-8-15-13(12)5-6-14(16)18-2/h3-4,7-9H,5-6H2,1-2H3. The van der Waals surface area contributed by atoms with Crippen LogP contribution >= 0.6 is 0 Å². The second kappa shape index (κ2) is 5.49. The second-order valence-electron chi connectivity index (χ2n) is 3.92. The Hall–Kier alpha value is -2.10. The zero-order chi connectivity index (χ0) is 13.0. The number of nitrogens with zero attached hydrogens (tertiary/aromatic N) is 1. The lowest BCUT2D eigenvalue weighted by atomic mass is 10.1. The number of aryl methyl sites for hydroxylation is 1. The van der Waals surface area contributed by atoms with Gasteiger partial charge in [0.1, 0.15) is 5.75 Å². The number of hydrogen-bond acceptors (Lipinski definition) is 4. The Morgan fingerprint density at radius 2 is 2.11 bits per heavy atom. The summed E-state index contributed by atoms with van der Waals surface area (Å²) < 4.78 is 9.82. The van der Waals surface area contributed by atoms with Gasteiger partial charge in [0.2, 0.25) is 0 Å². The third-order valence-corrected chi connectivity index (χ3v) is 2.85. The molecule has 1 aromatic heterocycles. The van der Waals surface area contributed by atoms with Crippen molar-refractivity contribution in [2.24, 2.45) is 0 Å². The third-order valence-electron chi connectivity index (χ3n) is 2.85. The molecule has 1 heterocycles. The molecule has 0 radical (unpaired) electrons. The Labute approximate surface area is 106 Å². The summed E-state index contributed by atoms with van der Waals surface area (Å²) in [4.78, 5) is 15.5. The van der Waals surface area contributed by atoms with E-state index in [2.05, 4.69) is 9.72 Å². The van der Waals surface area contributed by atoms with Gasteiger partial charge in [-0.15, -0.1) is 0 Å². The zero-order valence-corrected chi connectivity index (χ0v) is 10.5. The van der Waals surface area contributed by atoms with Crippen molar-refractivity contribution in [1.29, 1.82) is 0 Å². The van der Waals surface area contributed by atoms with Gasteiger partial charge in [0, 0.05) is 23.7 Å². The summed E-state index contributed by atoms with van der Waals surface area (Å²) in [5.74, 6) is 0.593. The average molecular weight is 245 g/mol. The van der Waals surface area contributed by atoms with Crippen molar-refractivity contribution in [2.45, 2.75) is 12.8 Å². The van der Waals surface area contributed by atoms with E-state index in [0.717, 1.165) is 22.2 Å². The number of aromatic nitrogens is 1. The fourth-order valence-electron chi connectivity index (χ4n) is 1.87. The van der Waals surface area contributed by atoms with Crippen LogP contribution in [0.3, 0.4) is 0 Å². The number of benzene rings is 1. The molecule has 2 aromatic rings. The summed E-state index contributed by atoms with van der Waals surface area (Å²) in [6.07, 6.45) is 2.67. The minimum Gasteiger partial charge on any atom is -0.497 e. The van der Waals surface area contributed by atoms with Gasteiger partial charge in [-0.1, -0.05) is 0 Å². The summed E-state index contributed by atoms with van der Waals surface area (Å²) in [6.45, 7) is 0. The van der Waals surface area contributed by atoms with Crippen molar-refractivity contribution in [3.8, 4) is 5.75 Å². The third kappa shape index (κ3) is 2.59. The maximum absolute atomic E-state index is 11.2. The molecule has 94 valence electrons. The number of hydrogen-bond donors (Lipinski definition) is 0. The molecule has 0 saturated heterocycles. The number of carbonyl (C=O) groups is 1. The zero-order valence-electron chi connectivity index (χ0n) is 10.5. The minimum absolute atomic E-state index is 0.220. The molecule has 2 rings (SSSR count). The van der Waals surface area contributed by atoms with Gasteiger partial charge in [0.25, 0.3) is 0 Å². The van der Waals surface area contributed by atoms with Crippen molar-refractivity contribution in [2.75, 3.05) is 14.2 Å². The van der Waals surface area contributed by atoms with Crippen molar-refractivity contribution in [3.05, 3.63) is 36.2 Å². The van der Waals surface area contributed by atoms with Crippen LogP contribution in [0.15, 0.2) is 30.5 Å². The van der Waals surface area contributed by atoms with Crippen LogP contribution in [-0.4, -0.2) is 25.2 Å². The summed E-state index contributed by atoms with van der Waals surface area (Å²) in [5, 5.41) is 2.10. The van der Waals surface area contributed by atoms with Gasteiger partial charge in [-0.25, -0.2) is 0 Å². The van der Waals surface area contributed by atoms with Gasteiger partial charge in [-0.05, 0) is 29.7 Å². The molecule has 4 nitrogen and oxygen atoms in total. The number of ether oxygens (including phenoxy) is 2. The maximum atomic E-state index is 11.2. The van der Waals surface area contributed by atoms with E-state index in [1.165, 1.54) is 7.11 Å². The second-order valence-corrected chi connectivity index (χ2v) is 3.92. The molecule has 0 amide bonds. The van der Waals surface area contributed by atoms with Crippen molar-refractivity contribution >= 4 is 16.7 Å². The highest BCUT2D eigenvalue weighted by Gasteiger charge is 2.07. The average Bonchev–Trinajstić information content (AvgIpc) is 2.43. The predicted molar refractivity (Wildman–Crippen MR) is 68.6 cm³/mol. The highest BCUT2D eigenvalue weighted by molar-refractivity contribution is 5.86. The Morgan fingerprint density at radius 1 is 1.28 bits per heavy atom. The summed E-state index contributed by atoms with van der Waals surface area (Å²) in [7, 11) is 3.03. The Balaban J connectivity index is 2.30. The van der Waals surface area contributed by atoms with E-state index in [-0.39, 0.29) is 5.97 Å². The van der Waals surface area contributed by atoms with Gasteiger partial charge in [0.15, 0.2) is 0 Å². The van der Waals surface area contributed by atoms with Crippen molar-refractivity contribution < 1.29 is 14.3 Å². The summed E-state index contributed by atoms with van der Waals surface area (Å²) in [5.41, 5.74) is 0.903. The Bertz CT molecular complexity index is 566. The largest absolute Gasteiger partial charge is 0.497 e. The van der Waals surface area contributed by atoms with Crippen molar-refractivity contribution in [1.82, 2.24) is 4.98 Å². The van der Waals surface area contributed by atoms with Crippen LogP contribution in [0.5, 0.6) is 5.75 Å². The molecule has 0 aliphatic rings. The predicted octanol–water partition coefficient (Wildman–Crippen LogP) is 2.35. The molecular formula is C14H15NO3. The van der Waals surface area contributed by atoms with Crippen LogP contribution in [0, 0.1) is 0 Å². The maximum Gasteiger partial charge on any atom is 0.305 e. The van der Waals surface area contributed by atoms with E-state index in [1.54, 1.807) is 13.3 Å². The lowest BCUT2D eigenvalue weighted by Crippen LogP contribution is -2.03. The first-order valence-corrected chi connectivity index (χ1v) is 5.73. The molecule has 0 bridgehead atoms. The van der Waals surface area contributed by atoms with Gasteiger partial charge < -0.3 is 9.47 Å². The number of methoxy groups -OCH3 is 2. The van der Waals surface area contributed by atoms with E-state index < -0.39 is 0 Å². The van der Waals surface area contributed by atoms with Gasteiger partial charge in [-0.3, -0.25) is 9.78 Å². The number of rotatable bonds is 4. The highest BCUT2D eigenvalue weighted by atomic mass is 16.5. The fraction of sp³-hybridized carbons (Fsp3) is 0.286. The molecule has 0 atom stereocenters. The molecule has 0 spiro atoms. The van der Waals surface area contributed by atoms with Gasteiger partial charge in [-0.2, -0.15) is 0 Å². The number of pyridine rings is 1. The van der Waals surface area contributed by atoms with Gasteiger partial charge >= 0.3 is 5.97 Å². The lowest BCUT2D eigenvalue weighted by molar-refractivity contribution is -0.140. The normalized spacial score (nSPS) is 10.3. The summed E-state index contributed by atoms with van der Waals surface area (Å²) >= 11 is 0. The fourth-order valence-corrected chi connectivity index (χ4v) is 1.87. The molecule has 0 fully saturated rings. The Morgan fingerprint density at radius 3 is 2.83 bits per heavy atom. The summed E-state index contributed by atoms with van der Waals surface area (Å²) in [6, 6.07) is 7.75. The molecule has 4 heteroatoms. The minimum atomic E-state index is -0.220. The molecule has 0 saturated carbocycles. The molecule has 1 aromatic carbocycles. The molecule has 0 N–H and O–H groups in total. The van der Waals surface area contributed by atoms with E-state index >= 15 is 0 Å². The van der Waals surface area contributed by atoms with Crippen LogP contribution in [0.2, 0.25) is 0 Å². The quantitative estimate of drug-likeness (QED) is 0.776. The molecule has 0 unspecified atom stereocenters. The first kappa shape index (κ1) is 12.4. The molecular weight excluding hydrogens is 230 g/mol. The molecule has 0 aliphatic carbocycles. The first-order valence-electron chi connectivity index (χ1n) is 5.73. The highest BCUT2D eigenvalue weighted by Crippen LogP contribution is 2.23. The molecule has 18 heavy (non-hydrogen) atoms. The SMILES string of the molecule is COC(=O)CCc1nccc2cc(OC)ccc12. The van der Waals surface area contributed by atoms with E-state index in [1.807, 2.05) is 24.3 Å². The van der Waals surface area contributed by atoms with Crippen LogP contribution in [0.1, 0.15) is 12.1 Å².